The summed E-state index contributed by atoms with van der Waals surface area (Å²) >= 11 is 0. The van der Waals surface area contributed by atoms with Gasteiger partial charge in [0.15, 0.2) is 0 Å². The fourth-order valence-corrected chi connectivity index (χ4v) is 1.66. The SMILES string of the molecule is CCN(CC)CCCNC(=O)Oc1ccccc1. The van der Waals surface area contributed by atoms with Gasteiger partial charge in [-0.25, -0.2) is 4.79 Å². The van der Waals surface area contributed by atoms with Gasteiger partial charge in [0.05, 0.1) is 0 Å². The number of rotatable bonds is 7. The molecule has 0 spiro atoms. The van der Waals surface area contributed by atoms with Gasteiger partial charge in [-0.3, -0.25) is 0 Å². The van der Waals surface area contributed by atoms with Crippen LogP contribution in [0.1, 0.15) is 20.3 Å². The second kappa shape index (κ2) is 8.53. The Morgan fingerprint density at radius 3 is 2.50 bits per heavy atom. The molecule has 0 aliphatic heterocycles. The van der Waals surface area contributed by atoms with Gasteiger partial charge in [-0.05, 0) is 38.2 Å². The van der Waals surface area contributed by atoms with Crippen molar-refractivity contribution in [3.8, 4) is 5.75 Å². The third kappa shape index (κ3) is 5.68. The van der Waals surface area contributed by atoms with Crippen LogP contribution in [0, 0.1) is 0 Å². The van der Waals surface area contributed by atoms with E-state index >= 15 is 0 Å². The number of carbonyl (C=O) groups is 1. The Morgan fingerprint density at radius 1 is 1.22 bits per heavy atom. The summed E-state index contributed by atoms with van der Waals surface area (Å²) in [4.78, 5) is 13.8. The lowest BCUT2D eigenvalue weighted by Crippen LogP contribution is -2.31. The van der Waals surface area contributed by atoms with E-state index in [0.29, 0.717) is 12.3 Å². The number of hydrogen-bond donors (Lipinski definition) is 1. The Labute approximate surface area is 109 Å². The maximum Gasteiger partial charge on any atom is 0.412 e. The molecule has 0 aromatic heterocycles. The fraction of sp³-hybridized carbons (Fsp3) is 0.500. The van der Waals surface area contributed by atoms with Gasteiger partial charge >= 0.3 is 6.09 Å². The first-order chi connectivity index (χ1) is 8.76. The lowest BCUT2D eigenvalue weighted by atomic mass is 10.3. The summed E-state index contributed by atoms with van der Waals surface area (Å²) in [5, 5.41) is 2.75. The summed E-state index contributed by atoms with van der Waals surface area (Å²) in [6, 6.07) is 9.08. The number of ether oxygens (including phenoxy) is 1. The van der Waals surface area contributed by atoms with Gasteiger partial charge in [0, 0.05) is 6.54 Å². The Bertz CT molecular complexity index is 337. The Hall–Kier alpha value is -1.55. The molecule has 1 rings (SSSR count). The molecule has 0 saturated carbocycles. The molecule has 1 N–H and O–H groups in total. The fourth-order valence-electron chi connectivity index (χ4n) is 1.66. The van der Waals surface area contributed by atoms with E-state index in [1.54, 1.807) is 12.1 Å². The van der Waals surface area contributed by atoms with Gasteiger partial charge in [0.2, 0.25) is 0 Å². The third-order valence-corrected chi connectivity index (χ3v) is 2.77. The molecule has 0 radical (unpaired) electrons. The van der Waals surface area contributed by atoms with Crippen molar-refractivity contribution < 1.29 is 9.53 Å². The van der Waals surface area contributed by atoms with Gasteiger partial charge in [0.1, 0.15) is 5.75 Å². The average Bonchev–Trinajstić information content (AvgIpc) is 2.40. The summed E-state index contributed by atoms with van der Waals surface area (Å²) in [7, 11) is 0. The molecule has 1 aromatic rings. The van der Waals surface area contributed by atoms with Crippen LogP contribution in [0.5, 0.6) is 5.75 Å². The lowest BCUT2D eigenvalue weighted by Gasteiger charge is -2.17. The zero-order chi connectivity index (χ0) is 13.2. The van der Waals surface area contributed by atoms with E-state index in [2.05, 4.69) is 24.1 Å². The molecule has 0 atom stereocenters. The quantitative estimate of drug-likeness (QED) is 0.756. The smallest absolute Gasteiger partial charge is 0.410 e. The maximum absolute atomic E-state index is 11.4. The molecule has 100 valence electrons. The number of hydrogen-bond acceptors (Lipinski definition) is 3. The van der Waals surface area contributed by atoms with Crippen LogP contribution in [0.15, 0.2) is 30.3 Å². The van der Waals surface area contributed by atoms with Crippen LogP contribution >= 0.6 is 0 Å². The largest absolute Gasteiger partial charge is 0.412 e. The van der Waals surface area contributed by atoms with E-state index in [1.807, 2.05) is 18.2 Å². The van der Waals surface area contributed by atoms with Crippen LogP contribution in [-0.4, -0.2) is 37.2 Å². The van der Waals surface area contributed by atoms with E-state index in [0.717, 1.165) is 26.1 Å². The van der Waals surface area contributed by atoms with Crippen LogP contribution in [0.4, 0.5) is 4.79 Å². The van der Waals surface area contributed by atoms with Crippen molar-refractivity contribution in [2.24, 2.45) is 0 Å². The van der Waals surface area contributed by atoms with E-state index in [4.69, 9.17) is 4.74 Å². The number of amides is 1. The van der Waals surface area contributed by atoms with Crippen LogP contribution in [0.3, 0.4) is 0 Å². The first kappa shape index (κ1) is 14.5. The zero-order valence-electron chi connectivity index (χ0n) is 11.2. The zero-order valence-corrected chi connectivity index (χ0v) is 11.2. The molecular formula is C14H22N2O2. The molecule has 0 heterocycles. The molecule has 4 nitrogen and oxygen atoms in total. The maximum atomic E-state index is 11.4. The highest BCUT2D eigenvalue weighted by Gasteiger charge is 2.03. The molecule has 0 unspecified atom stereocenters. The average molecular weight is 250 g/mol. The van der Waals surface area contributed by atoms with Crippen molar-refractivity contribution in [2.75, 3.05) is 26.2 Å². The molecule has 0 fully saturated rings. The van der Waals surface area contributed by atoms with Crippen molar-refractivity contribution in [3.05, 3.63) is 30.3 Å². The number of carbonyl (C=O) groups excluding carboxylic acids is 1. The lowest BCUT2D eigenvalue weighted by molar-refractivity contribution is 0.199. The number of para-hydroxylation sites is 1. The highest BCUT2D eigenvalue weighted by atomic mass is 16.5. The molecular weight excluding hydrogens is 228 g/mol. The van der Waals surface area contributed by atoms with Crippen LogP contribution in [0.25, 0.3) is 0 Å². The van der Waals surface area contributed by atoms with Gasteiger partial charge in [-0.1, -0.05) is 32.0 Å². The summed E-state index contributed by atoms with van der Waals surface area (Å²) in [5.41, 5.74) is 0. The van der Waals surface area contributed by atoms with Crippen molar-refractivity contribution >= 4 is 6.09 Å². The first-order valence-corrected chi connectivity index (χ1v) is 6.49. The van der Waals surface area contributed by atoms with Gasteiger partial charge in [0.25, 0.3) is 0 Å². The van der Waals surface area contributed by atoms with E-state index < -0.39 is 0 Å². The third-order valence-electron chi connectivity index (χ3n) is 2.77. The topological polar surface area (TPSA) is 41.6 Å². The minimum Gasteiger partial charge on any atom is -0.410 e. The summed E-state index contributed by atoms with van der Waals surface area (Å²) in [6.45, 7) is 8.01. The van der Waals surface area contributed by atoms with E-state index in [9.17, 15) is 4.79 Å². The second-order valence-corrected chi connectivity index (χ2v) is 4.01. The minimum atomic E-state index is -0.388. The molecule has 0 saturated heterocycles. The predicted molar refractivity (Wildman–Crippen MR) is 72.9 cm³/mol. The minimum absolute atomic E-state index is 0.388. The van der Waals surface area contributed by atoms with Crippen LogP contribution in [-0.2, 0) is 0 Å². The van der Waals surface area contributed by atoms with Crippen molar-refractivity contribution in [1.29, 1.82) is 0 Å². The molecule has 0 aliphatic carbocycles. The van der Waals surface area contributed by atoms with Gasteiger partial charge < -0.3 is 15.0 Å². The van der Waals surface area contributed by atoms with Crippen molar-refractivity contribution in [1.82, 2.24) is 10.2 Å². The summed E-state index contributed by atoms with van der Waals surface area (Å²) in [5.74, 6) is 0.568. The Balaban J connectivity index is 2.14. The van der Waals surface area contributed by atoms with Crippen LogP contribution in [0.2, 0.25) is 0 Å². The number of benzene rings is 1. The summed E-state index contributed by atoms with van der Waals surface area (Å²) < 4.78 is 5.11. The normalized spacial score (nSPS) is 10.4. The van der Waals surface area contributed by atoms with Crippen molar-refractivity contribution in [3.63, 3.8) is 0 Å². The number of nitrogens with zero attached hydrogens (tertiary/aromatic N) is 1. The number of nitrogens with one attached hydrogen (secondary N) is 1. The van der Waals surface area contributed by atoms with Crippen LogP contribution < -0.4 is 10.1 Å². The Kier molecular flexibility index (Phi) is 6.87. The van der Waals surface area contributed by atoms with Gasteiger partial charge in [-0.15, -0.1) is 0 Å². The molecule has 4 heteroatoms. The molecule has 1 aromatic carbocycles. The second-order valence-electron chi connectivity index (χ2n) is 4.01. The molecule has 18 heavy (non-hydrogen) atoms. The predicted octanol–water partition coefficient (Wildman–Crippen LogP) is 2.51. The highest BCUT2D eigenvalue weighted by Crippen LogP contribution is 2.07. The molecule has 0 aliphatic rings. The molecule has 1 amide bonds. The van der Waals surface area contributed by atoms with Gasteiger partial charge in [-0.2, -0.15) is 0 Å². The van der Waals surface area contributed by atoms with E-state index in [-0.39, 0.29) is 6.09 Å². The standard InChI is InChI=1S/C14H22N2O2/c1-3-16(4-2)12-8-11-15-14(17)18-13-9-6-5-7-10-13/h5-7,9-10H,3-4,8,11-12H2,1-2H3,(H,15,17). The first-order valence-electron chi connectivity index (χ1n) is 6.49. The molecule has 0 bridgehead atoms. The van der Waals surface area contributed by atoms with Crippen molar-refractivity contribution in [2.45, 2.75) is 20.3 Å². The monoisotopic (exact) mass is 250 g/mol. The van der Waals surface area contributed by atoms with E-state index in [1.165, 1.54) is 0 Å². The summed E-state index contributed by atoms with van der Waals surface area (Å²) in [6.07, 6.45) is 0.548. The Morgan fingerprint density at radius 2 is 1.89 bits per heavy atom. The highest BCUT2D eigenvalue weighted by molar-refractivity contribution is 5.70.